The number of likely N-dealkylation sites (tertiary alicyclic amines) is 1. The molecule has 9 nitrogen and oxygen atoms in total. The third-order valence-corrected chi connectivity index (χ3v) is 7.55. The molecule has 1 aliphatic heterocycles. The lowest BCUT2D eigenvalue weighted by atomic mass is 10.1. The first-order valence-corrected chi connectivity index (χ1v) is 13.7. The number of carbonyl (C=O) groups excluding carboxylic acids is 2. The lowest BCUT2D eigenvalue weighted by Crippen LogP contribution is -2.38. The molecule has 1 saturated carbocycles. The topological polar surface area (TPSA) is 94.6 Å². The fourth-order valence-electron chi connectivity index (χ4n) is 5.27. The van der Waals surface area contributed by atoms with Gasteiger partial charge in [-0.05, 0) is 63.8 Å². The fourth-order valence-corrected chi connectivity index (χ4v) is 5.27. The van der Waals surface area contributed by atoms with E-state index in [9.17, 15) is 9.59 Å². The van der Waals surface area contributed by atoms with Gasteiger partial charge in [0, 0.05) is 48.1 Å². The Morgan fingerprint density at radius 3 is 2.64 bits per heavy atom. The first kappa shape index (κ1) is 25.2. The van der Waals surface area contributed by atoms with Crippen molar-refractivity contribution in [3.05, 3.63) is 65.5 Å². The normalized spacial score (nSPS) is 17.8. The van der Waals surface area contributed by atoms with Crippen molar-refractivity contribution in [2.45, 2.75) is 64.3 Å². The van der Waals surface area contributed by atoms with E-state index in [1.54, 1.807) is 35.8 Å². The van der Waals surface area contributed by atoms with Crippen LogP contribution in [0.2, 0.25) is 0 Å². The maximum absolute atomic E-state index is 15.4. The average Bonchev–Trinajstić information content (AvgIpc) is 3.56. The van der Waals surface area contributed by atoms with Crippen LogP contribution < -0.4 is 0 Å². The van der Waals surface area contributed by atoms with Crippen LogP contribution in [-0.4, -0.2) is 60.3 Å². The number of ether oxygens (including phenoxy) is 1. The molecule has 1 aliphatic carbocycles. The van der Waals surface area contributed by atoms with Crippen LogP contribution in [0.4, 0.5) is 4.39 Å². The van der Waals surface area contributed by atoms with Gasteiger partial charge in [-0.25, -0.2) is 23.4 Å². The molecule has 0 bridgehead atoms. The Hall–Kier alpha value is -4.08. The Kier molecular flexibility index (Phi) is 6.62. The first-order chi connectivity index (χ1) is 18.9. The van der Waals surface area contributed by atoms with Gasteiger partial charge in [-0.1, -0.05) is 12.8 Å². The molecule has 6 rings (SSSR count). The summed E-state index contributed by atoms with van der Waals surface area (Å²) >= 11 is 0. The zero-order valence-corrected chi connectivity index (χ0v) is 22.1. The highest BCUT2D eigenvalue weighted by Gasteiger charge is 2.31. The number of benzene rings is 1. The summed E-state index contributed by atoms with van der Waals surface area (Å²) in [5.41, 5.74) is 3.28. The van der Waals surface area contributed by atoms with Crippen LogP contribution in [0.5, 0.6) is 0 Å². The summed E-state index contributed by atoms with van der Waals surface area (Å²) < 4.78 is 23.5. The molecule has 2 aliphatic rings. The van der Waals surface area contributed by atoms with Crippen LogP contribution in [0.25, 0.3) is 22.6 Å². The first-order valence-electron chi connectivity index (χ1n) is 13.7. The van der Waals surface area contributed by atoms with Gasteiger partial charge in [0.15, 0.2) is 11.3 Å². The van der Waals surface area contributed by atoms with Crippen LogP contribution >= 0.6 is 0 Å². The van der Waals surface area contributed by atoms with E-state index < -0.39 is 11.8 Å². The summed E-state index contributed by atoms with van der Waals surface area (Å²) in [7, 11) is 0. The molecule has 0 unspecified atom stereocenters. The van der Waals surface area contributed by atoms with Gasteiger partial charge < -0.3 is 9.64 Å². The SMILES string of the molecule is CCOC(=O)c1ccn(-c2ccc(-c3cc4nc(C(=O)N5CCCCC[C@H]5C)cc(C5CC5)n4n3)c(F)c2)n1. The van der Waals surface area contributed by atoms with Gasteiger partial charge >= 0.3 is 5.97 Å². The van der Waals surface area contributed by atoms with E-state index in [1.165, 1.54) is 16.8 Å². The molecular formula is C29H31FN6O3. The molecule has 39 heavy (non-hydrogen) atoms. The van der Waals surface area contributed by atoms with E-state index in [0.29, 0.717) is 34.2 Å². The monoisotopic (exact) mass is 530 g/mol. The number of rotatable bonds is 6. The van der Waals surface area contributed by atoms with Crippen molar-refractivity contribution in [1.29, 1.82) is 0 Å². The average molecular weight is 531 g/mol. The number of fused-ring (bicyclic) bond motifs is 1. The maximum atomic E-state index is 15.4. The van der Waals surface area contributed by atoms with Crippen molar-refractivity contribution in [3.63, 3.8) is 0 Å². The number of amides is 1. The molecular weight excluding hydrogens is 499 g/mol. The Balaban J connectivity index is 1.33. The van der Waals surface area contributed by atoms with Crippen molar-refractivity contribution >= 4 is 17.5 Å². The van der Waals surface area contributed by atoms with Gasteiger partial charge in [0.1, 0.15) is 11.5 Å². The van der Waals surface area contributed by atoms with Crippen LogP contribution in [-0.2, 0) is 4.74 Å². The van der Waals surface area contributed by atoms with Crippen molar-refractivity contribution in [2.75, 3.05) is 13.2 Å². The molecule has 2 fully saturated rings. The lowest BCUT2D eigenvalue weighted by molar-refractivity contribution is 0.0518. The molecule has 202 valence electrons. The van der Waals surface area contributed by atoms with E-state index in [0.717, 1.165) is 50.8 Å². The molecule has 1 saturated heterocycles. The summed E-state index contributed by atoms with van der Waals surface area (Å²) in [4.78, 5) is 32.1. The van der Waals surface area contributed by atoms with Gasteiger partial charge in [0.25, 0.3) is 5.91 Å². The summed E-state index contributed by atoms with van der Waals surface area (Å²) in [6.45, 7) is 4.82. The van der Waals surface area contributed by atoms with Crippen LogP contribution in [0.1, 0.15) is 85.0 Å². The van der Waals surface area contributed by atoms with E-state index in [1.807, 2.05) is 11.0 Å². The van der Waals surface area contributed by atoms with Crippen molar-refractivity contribution in [2.24, 2.45) is 0 Å². The Bertz CT molecular complexity index is 1560. The highest BCUT2D eigenvalue weighted by Crippen LogP contribution is 2.40. The van der Waals surface area contributed by atoms with Gasteiger partial charge in [0.05, 0.1) is 18.0 Å². The van der Waals surface area contributed by atoms with Crippen molar-refractivity contribution in [1.82, 2.24) is 29.3 Å². The smallest absolute Gasteiger partial charge is 0.358 e. The van der Waals surface area contributed by atoms with Gasteiger partial charge in [-0.3, -0.25) is 4.79 Å². The number of nitrogens with zero attached hydrogens (tertiary/aromatic N) is 6. The second-order valence-electron chi connectivity index (χ2n) is 10.4. The molecule has 10 heteroatoms. The molecule has 0 spiro atoms. The van der Waals surface area contributed by atoms with E-state index in [-0.39, 0.29) is 24.2 Å². The fraction of sp³-hybridized carbons (Fsp3) is 0.414. The Morgan fingerprint density at radius 1 is 1.03 bits per heavy atom. The number of esters is 1. The summed E-state index contributed by atoms with van der Waals surface area (Å²) in [6.07, 6.45) is 7.92. The molecule has 4 aromatic rings. The number of hydrogen-bond acceptors (Lipinski definition) is 6. The second kappa shape index (κ2) is 10.2. The zero-order chi connectivity index (χ0) is 27.1. The summed E-state index contributed by atoms with van der Waals surface area (Å²) in [5.74, 6) is -0.739. The third kappa shape index (κ3) is 4.91. The number of aromatic nitrogens is 5. The molecule has 4 heterocycles. The number of carbonyl (C=O) groups is 2. The van der Waals surface area contributed by atoms with Crippen molar-refractivity contribution < 1.29 is 18.7 Å². The standard InChI is InChI=1S/C29H31FN6O3/c1-3-39-29(38)23-12-14-35(32-23)20-10-11-21(22(30)15-20)24-17-27-31-25(16-26(19-8-9-19)36(27)33-24)28(37)34-13-6-4-5-7-18(34)2/h10-12,14-19H,3-9,13H2,1-2H3/t18-/m1/s1. The highest BCUT2D eigenvalue weighted by atomic mass is 19.1. The van der Waals surface area contributed by atoms with Crippen molar-refractivity contribution in [3.8, 4) is 16.9 Å². The molecule has 0 radical (unpaired) electrons. The van der Waals surface area contributed by atoms with Gasteiger partial charge in [-0.15, -0.1) is 0 Å². The number of halogens is 1. The lowest BCUT2D eigenvalue weighted by Gasteiger charge is -2.27. The highest BCUT2D eigenvalue weighted by molar-refractivity contribution is 5.93. The quantitative estimate of drug-likeness (QED) is 0.319. The Morgan fingerprint density at radius 2 is 1.87 bits per heavy atom. The minimum atomic E-state index is -0.528. The minimum absolute atomic E-state index is 0.0477. The number of hydrogen-bond donors (Lipinski definition) is 0. The zero-order valence-electron chi connectivity index (χ0n) is 22.1. The summed E-state index contributed by atoms with van der Waals surface area (Å²) in [5, 5.41) is 8.90. The molecule has 0 N–H and O–H groups in total. The van der Waals surface area contributed by atoms with Crippen LogP contribution in [0.15, 0.2) is 42.6 Å². The minimum Gasteiger partial charge on any atom is -0.461 e. The maximum Gasteiger partial charge on any atom is 0.358 e. The van der Waals surface area contributed by atoms with Gasteiger partial charge in [0.2, 0.25) is 0 Å². The second-order valence-corrected chi connectivity index (χ2v) is 10.4. The summed E-state index contributed by atoms with van der Waals surface area (Å²) in [6, 6.07) is 10.0. The van der Waals surface area contributed by atoms with Gasteiger partial charge in [-0.2, -0.15) is 10.2 Å². The molecule has 3 aromatic heterocycles. The predicted octanol–water partition coefficient (Wildman–Crippen LogP) is 5.18. The van der Waals surface area contributed by atoms with Crippen LogP contribution in [0.3, 0.4) is 0 Å². The van der Waals surface area contributed by atoms with E-state index in [4.69, 9.17) is 14.8 Å². The molecule has 1 atom stereocenters. The predicted molar refractivity (Wildman–Crippen MR) is 142 cm³/mol. The molecule has 1 amide bonds. The molecule has 1 aromatic carbocycles. The Labute approximate surface area is 225 Å². The van der Waals surface area contributed by atoms with E-state index >= 15 is 4.39 Å². The third-order valence-electron chi connectivity index (χ3n) is 7.55. The largest absolute Gasteiger partial charge is 0.461 e. The van der Waals surface area contributed by atoms with Crippen LogP contribution in [0, 0.1) is 5.82 Å². The van der Waals surface area contributed by atoms with E-state index in [2.05, 4.69) is 12.0 Å².